The van der Waals surface area contributed by atoms with Crippen LogP contribution in [0.15, 0.2) is 29.2 Å². The summed E-state index contributed by atoms with van der Waals surface area (Å²) < 4.78 is 26.7. The average Bonchev–Trinajstić information content (AvgIpc) is 3.21. The molecule has 11 heteroatoms. The quantitative estimate of drug-likeness (QED) is 0.563. The molecule has 0 bridgehead atoms. The zero-order valence-corrected chi connectivity index (χ0v) is 17.8. The van der Waals surface area contributed by atoms with Crippen LogP contribution in [-0.2, 0) is 15.8 Å². The van der Waals surface area contributed by atoms with Crippen LogP contribution in [0.4, 0.5) is 0 Å². The molecule has 4 rings (SSSR count). The van der Waals surface area contributed by atoms with Gasteiger partial charge < -0.3 is 0 Å². The topological polar surface area (TPSA) is 80.5 Å². The van der Waals surface area contributed by atoms with Gasteiger partial charge in [0.2, 0.25) is 15.0 Å². The molecule has 144 valence electrons. The summed E-state index contributed by atoms with van der Waals surface area (Å²) in [5, 5.41) is 15.0. The summed E-state index contributed by atoms with van der Waals surface area (Å²) in [5.74, 6) is 1.76. The lowest BCUT2D eigenvalue weighted by Crippen LogP contribution is -2.37. The lowest BCUT2D eigenvalue weighted by molar-refractivity contribution is 0.313. The number of sulfonamides is 1. The molecule has 2 aromatic heterocycles. The number of fused-ring (bicyclic) bond motifs is 1. The number of piperidine rings is 1. The van der Waals surface area contributed by atoms with Crippen molar-refractivity contribution in [3.8, 4) is 0 Å². The van der Waals surface area contributed by atoms with Crippen LogP contribution in [0.1, 0.15) is 29.6 Å². The third-order valence-corrected chi connectivity index (χ3v) is 8.18. The maximum Gasteiger partial charge on any atom is 0.234 e. The minimum absolute atomic E-state index is 0.178. The first-order valence-electron chi connectivity index (χ1n) is 8.44. The highest BCUT2D eigenvalue weighted by molar-refractivity contribution is 7.98. The van der Waals surface area contributed by atoms with Crippen molar-refractivity contribution < 1.29 is 8.42 Å². The molecule has 1 aromatic carbocycles. The lowest BCUT2D eigenvalue weighted by Gasteiger charge is -2.28. The van der Waals surface area contributed by atoms with Gasteiger partial charge in [-0.15, -0.1) is 22.0 Å². The van der Waals surface area contributed by atoms with Crippen LogP contribution < -0.4 is 0 Å². The number of hydrogen-bond acceptors (Lipinski definition) is 7. The molecule has 0 N–H and O–H groups in total. The first-order valence-corrected chi connectivity index (χ1v) is 12.5. The molecular formula is C16H18ClN5O2S3. The molecule has 0 spiro atoms. The summed E-state index contributed by atoms with van der Waals surface area (Å²) in [7, 11) is -3.13. The largest absolute Gasteiger partial charge is 0.234 e. The fourth-order valence-electron chi connectivity index (χ4n) is 3.11. The summed E-state index contributed by atoms with van der Waals surface area (Å²) in [6.07, 6.45) is 2.73. The van der Waals surface area contributed by atoms with Gasteiger partial charge in [0.05, 0.1) is 12.0 Å². The van der Waals surface area contributed by atoms with E-state index in [0.717, 1.165) is 44.3 Å². The average molecular weight is 444 g/mol. The Balaban J connectivity index is 1.45. The molecule has 1 fully saturated rings. The van der Waals surface area contributed by atoms with E-state index in [2.05, 4.69) is 15.3 Å². The molecule has 27 heavy (non-hydrogen) atoms. The molecule has 0 saturated carbocycles. The first kappa shape index (κ1) is 19.1. The summed E-state index contributed by atoms with van der Waals surface area (Å²) in [4.78, 5) is 1.92. The minimum atomic E-state index is -3.13. The SMILES string of the molecule is CS(=O)(=O)N1CCC(c2nnc3sc(CSc4ccc(Cl)cc4)nn23)CC1. The minimum Gasteiger partial charge on any atom is -0.213 e. The maximum absolute atomic E-state index is 11.7. The third-order valence-electron chi connectivity index (χ3n) is 4.52. The fourth-order valence-corrected chi connectivity index (χ4v) is 5.83. The summed E-state index contributed by atoms with van der Waals surface area (Å²) in [6.45, 7) is 1.03. The zero-order chi connectivity index (χ0) is 19.0. The highest BCUT2D eigenvalue weighted by atomic mass is 35.5. The van der Waals surface area contributed by atoms with Gasteiger partial charge in [-0.3, -0.25) is 0 Å². The Hall–Kier alpha value is -1.20. The monoisotopic (exact) mass is 443 g/mol. The van der Waals surface area contributed by atoms with Crippen molar-refractivity contribution in [3.05, 3.63) is 40.1 Å². The number of nitrogens with zero attached hydrogens (tertiary/aromatic N) is 5. The summed E-state index contributed by atoms with van der Waals surface area (Å²) in [5.41, 5.74) is 0. The van der Waals surface area contributed by atoms with Crippen LogP contribution in [0, 0.1) is 0 Å². The van der Waals surface area contributed by atoms with Gasteiger partial charge in [-0.1, -0.05) is 22.9 Å². The van der Waals surface area contributed by atoms with Gasteiger partial charge in [0.1, 0.15) is 5.01 Å². The van der Waals surface area contributed by atoms with Gasteiger partial charge in [0.15, 0.2) is 5.82 Å². The van der Waals surface area contributed by atoms with Crippen molar-refractivity contribution in [2.24, 2.45) is 0 Å². The van der Waals surface area contributed by atoms with E-state index in [9.17, 15) is 8.42 Å². The predicted molar refractivity (Wildman–Crippen MR) is 108 cm³/mol. The molecule has 3 heterocycles. The fraction of sp³-hybridized carbons (Fsp3) is 0.438. The first-order chi connectivity index (χ1) is 12.9. The Morgan fingerprint density at radius 3 is 2.59 bits per heavy atom. The van der Waals surface area contributed by atoms with Crippen molar-refractivity contribution in [2.45, 2.75) is 29.4 Å². The second kappa shape index (κ2) is 7.67. The molecule has 0 amide bonds. The zero-order valence-electron chi connectivity index (χ0n) is 14.6. The second-order valence-corrected chi connectivity index (χ2v) is 10.9. The Morgan fingerprint density at radius 2 is 1.93 bits per heavy atom. The van der Waals surface area contributed by atoms with Crippen molar-refractivity contribution >= 4 is 49.7 Å². The smallest absolute Gasteiger partial charge is 0.213 e. The van der Waals surface area contributed by atoms with Gasteiger partial charge in [0, 0.05) is 28.9 Å². The summed E-state index contributed by atoms with van der Waals surface area (Å²) in [6, 6.07) is 7.75. The number of rotatable bonds is 5. The van der Waals surface area contributed by atoms with E-state index in [-0.39, 0.29) is 5.92 Å². The Morgan fingerprint density at radius 1 is 1.22 bits per heavy atom. The molecular weight excluding hydrogens is 426 g/mol. The van der Waals surface area contributed by atoms with Crippen LogP contribution in [0.2, 0.25) is 5.02 Å². The highest BCUT2D eigenvalue weighted by Crippen LogP contribution is 2.31. The predicted octanol–water partition coefficient (Wildman–Crippen LogP) is 3.27. The van der Waals surface area contributed by atoms with Gasteiger partial charge in [0.25, 0.3) is 0 Å². The Bertz CT molecular complexity index is 1040. The molecule has 1 aliphatic rings. The molecule has 0 unspecified atom stereocenters. The van der Waals surface area contributed by atoms with Gasteiger partial charge in [-0.2, -0.15) is 9.61 Å². The van der Waals surface area contributed by atoms with Crippen molar-refractivity contribution in [2.75, 3.05) is 19.3 Å². The molecule has 0 radical (unpaired) electrons. The second-order valence-electron chi connectivity index (χ2n) is 6.43. The number of aromatic nitrogens is 4. The van der Waals surface area contributed by atoms with Gasteiger partial charge in [-0.25, -0.2) is 12.7 Å². The van der Waals surface area contributed by atoms with E-state index in [0.29, 0.717) is 13.1 Å². The normalized spacial score (nSPS) is 17.0. The van der Waals surface area contributed by atoms with E-state index in [1.54, 1.807) is 11.8 Å². The molecule has 0 atom stereocenters. The number of thioether (sulfide) groups is 1. The van der Waals surface area contributed by atoms with Crippen LogP contribution in [0.3, 0.4) is 0 Å². The summed E-state index contributed by atoms with van der Waals surface area (Å²) >= 11 is 9.15. The number of benzene rings is 1. The van der Waals surface area contributed by atoms with Crippen LogP contribution in [0.5, 0.6) is 0 Å². The molecule has 7 nitrogen and oxygen atoms in total. The number of hydrogen-bond donors (Lipinski definition) is 0. The van der Waals surface area contributed by atoms with E-state index in [1.807, 2.05) is 28.8 Å². The van der Waals surface area contributed by atoms with E-state index >= 15 is 0 Å². The van der Waals surface area contributed by atoms with Crippen molar-refractivity contribution in [1.82, 2.24) is 24.1 Å². The molecule has 1 aliphatic heterocycles. The van der Waals surface area contributed by atoms with Gasteiger partial charge in [-0.05, 0) is 37.1 Å². The molecule has 1 saturated heterocycles. The van der Waals surface area contributed by atoms with Crippen LogP contribution in [0.25, 0.3) is 4.96 Å². The van der Waals surface area contributed by atoms with E-state index in [4.69, 9.17) is 11.6 Å². The maximum atomic E-state index is 11.7. The van der Waals surface area contributed by atoms with Crippen LogP contribution in [-0.4, -0.2) is 51.9 Å². The standard InChI is InChI=1S/C16H18ClN5O2S3/c1-27(23,24)21-8-6-11(7-9-21)15-18-19-16-22(15)20-14(26-16)10-25-13-4-2-12(17)3-5-13/h2-5,11H,6-10H2,1H3. The molecule has 3 aromatic rings. The Kier molecular flexibility index (Phi) is 5.43. The molecule has 0 aliphatic carbocycles. The van der Waals surface area contributed by atoms with E-state index in [1.165, 1.54) is 21.9 Å². The van der Waals surface area contributed by atoms with Crippen molar-refractivity contribution in [3.63, 3.8) is 0 Å². The lowest BCUT2D eigenvalue weighted by atomic mass is 9.97. The van der Waals surface area contributed by atoms with Gasteiger partial charge >= 0.3 is 0 Å². The highest BCUT2D eigenvalue weighted by Gasteiger charge is 2.29. The van der Waals surface area contributed by atoms with Crippen molar-refractivity contribution in [1.29, 1.82) is 0 Å². The van der Waals surface area contributed by atoms with Crippen LogP contribution >= 0.6 is 34.7 Å². The van der Waals surface area contributed by atoms with E-state index < -0.39 is 10.0 Å². The Labute approximate surface area is 170 Å². The number of halogens is 1. The third kappa shape index (κ3) is 4.29.